The second kappa shape index (κ2) is 24.5. The molecule has 2 aromatic carbocycles. The van der Waals surface area contributed by atoms with Crippen LogP contribution >= 0.6 is 0 Å². The highest BCUT2D eigenvalue weighted by Crippen LogP contribution is 2.42. The van der Waals surface area contributed by atoms with Gasteiger partial charge in [0, 0.05) is 72.9 Å². The van der Waals surface area contributed by atoms with Crippen molar-refractivity contribution in [2.45, 2.75) is 122 Å². The van der Waals surface area contributed by atoms with E-state index in [1.165, 1.54) is 29.6 Å². The summed E-state index contributed by atoms with van der Waals surface area (Å²) in [6.45, 7) is 1.75. The molecule has 6 N–H and O–H groups in total. The van der Waals surface area contributed by atoms with Gasteiger partial charge in [-0.2, -0.15) is 40.2 Å². The third kappa shape index (κ3) is 14.1. The standard InChI is InChI=1S/C53H60F10N10O8/c1-28-15-31(19-64-44(28)70-22-34-13-14-35(23-70)73(34)36-26-81-27-36)12-9-29-7-10-30(11-8-29)16-40(66-45(75)42(68-49(79)80-6)50(2,3)52(58,59)60)41(74)25-71(69-46(76)43(67-48(77)78)51(4,5)53(61,62)63)24-37-38(54)17-32(18-39(37)55)33-20-65-72(21-33)47(56)57/h7-8,10-11,15,17-21,34-36,40-43,47,67,74H,13-14,16,22-27H2,1-6H3,(H,66,75)(H,68,79)(H,69,76)(H,77,78)/t34?,35?,40-,41-,42+,43+/m0/s1. The van der Waals surface area contributed by atoms with Crippen LogP contribution in [0.3, 0.4) is 0 Å². The molecule has 2 unspecified atom stereocenters. The Morgan fingerprint density at radius 2 is 1.40 bits per heavy atom. The van der Waals surface area contributed by atoms with E-state index in [-0.39, 0.29) is 21.4 Å². The normalized spacial score (nSPS) is 18.5. The van der Waals surface area contributed by atoms with Crippen molar-refractivity contribution < 1.29 is 82.8 Å². The maximum atomic E-state index is 16.0. The molecule has 2 aromatic heterocycles. The number of alkyl halides is 8. The van der Waals surface area contributed by atoms with E-state index in [1.807, 2.05) is 23.7 Å². The maximum Gasteiger partial charge on any atom is 0.407 e. The quantitative estimate of drug-likeness (QED) is 0.0323. The third-order valence-corrected chi connectivity index (χ3v) is 14.9. The lowest BCUT2D eigenvalue weighted by molar-refractivity contribution is -0.221. The minimum absolute atomic E-state index is 0.186. The van der Waals surface area contributed by atoms with Crippen molar-refractivity contribution in [1.82, 2.24) is 46.0 Å². The first kappa shape index (κ1) is 61.4. The van der Waals surface area contributed by atoms with Crippen molar-refractivity contribution in [2.75, 3.05) is 44.9 Å². The number of piperazine rings is 1. The van der Waals surface area contributed by atoms with Crippen molar-refractivity contribution in [3.8, 4) is 23.0 Å². The van der Waals surface area contributed by atoms with Crippen LogP contribution in [0.4, 0.5) is 59.3 Å². The molecule has 6 atom stereocenters. The SMILES string of the molecule is COC(=O)N[C@H](C(=O)N[C@@H](Cc1ccc(C#Cc2cnc(N3CC4CCC(C3)N4C3COC3)c(C)c2)cc1)[C@@H](O)CN(Cc1c(F)cc(-c2cnn(C(F)F)c2)cc1F)NC(=O)[C@@H](NC(=O)O)C(C)(C)C(F)(F)F)C(C)(C)C(F)(F)F. The van der Waals surface area contributed by atoms with Crippen molar-refractivity contribution in [3.05, 3.63) is 101 Å². The smallest absolute Gasteiger partial charge is 0.407 e. The number of hydrogen-bond acceptors (Lipinski definition) is 12. The van der Waals surface area contributed by atoms with Gasteiger partial charge in [-0.25, -0.2) is 33.0 Å². The second-order valence-electron chi connectivity index (χ2n) is 21.3. The van der Waals surface area contributed by atoms with Crippen molar-refractivity contribution in [2.24, 2.45) is 10.8 Å². The molecule has 3 aliphatic rings. The topological polar surface area (TPSA) is 216 Å². The Kier molecular flexibility index (Phi) is 18.6. The average molecular weight is 1160 g/mol. The number of fused-ring (bicyclic) bond motifs is 2. The summed E-state index contributed by atoms with van der Waals surface area (Å²) >= 11 is 0. The van der Waals surface area contributed by atoms with Crippen molar-refractivity contribution in [3.63, 3.8) is 0 Å². The number of aromatic nitrogens is 3. The zero-order valence-electron chi connectivity index (χ0n) is 44.6. The number of rotatable bonds is 19. The summed E-state index contributed by atoms with van der Waals surface area (Å²) in [6, 6.07) is 3.58. The van der Waals surface area contributed by atoms with E-state index in [1.54, 1.807) is 6.20 Å². The number of benzene rings is 2. The van der Waals surface area contributed by atoms with Gasteiger partial charge in [0.05, 0.1) is 55.5 Å². The minimum Gasteiger partial charge on any atom is -0.465 e. The van der Waals surface area contributed by atoms with Gasteiger partial charge >= 0.3 is 31.1 Å². The lowest BCUT2D eigenvalue weighted by Crippen LogP contribution is -2.63. The molecule has 4 amide bonds. The molecule has 4 aromatic rings. The molecule has 5 heterocycles. The van der Waals surface area contributed by atoms with E-state index in [0.717, 1.165) is 70.0 Å². The summed E-state index contributed by atoms with van der Waals surface area (Å²) < 4.78 is 156. The van der Waals surface area contributed by atoms with Crippen molar-refractivity contribution in [1.29, 1.82) is 0 Å². The van der Waals surface area contributed by atoms with Gasteiger partial charge in [-0.15, -0.1) is 0 Å². The summed E-state index contributed by atoms with van der Waals surface area (Å²) in [4.78, 5) is 61.8. The Balaban J connectivity index is 1.19. The summed E-state index contributed by atoms with van der Waals surface area (Å²) in [7, 11) is 0.813. The first-order valence-corrected chi connectivity index (χ1v) is 25.4. The van der Waals surface area contributed by atoms with Gasteiger partial charge < -0.3 is 40.5 Å². The molecule has 3 saturated heterocycles. The van der Waals surface area contributed by atoms with Crippen LogP contribution in [-0.4, -0.2) is 154 Å². The highest BCUT2D eigenvalue weighted by molar-refractivity contribution is 5.87. The minimum atomic E-state index is -5.28. The largest absolute Gasteiger partial charge is 0.465 e. The number of nitrogens with zero attached hydrogens (tertiary/aromatic N) is 6. The van der Waals surface area contributed by atoms with Crippen LogP contribution in [0.1, 0.15) is 74.9 Å². The van der Waals surface area contributed by atoms with Gasteiger partial charge in [0.15, 0.2) is 0 Å². The number of anilines is 1. The number of hydrazine groups is 1. The molecule has 18 nitrogen and oxygen atoms in total. The Morgan fingerprint density at radius 1 is 0.815 bits per heavy atom. The number of aryl methyl sites for hydroxylation is 1. The highest BCUT2D eigenvalue weighted by Gasteiger charge is 2.57. The summed E-state index contributed by atoms with van der Waals surface area (Å²) in [5.74, 6) is 0.751. The fraction of sp³-hybridized carbons (Fsp3) is 0.509. The number of halogens is 10. The van der Waals surface area contributed by atoms with Crippen LogP contribution in [0.25, 0.3) is 11.1 Å². The van der Waals surface area contributed by atoms with Crippen LogP contribution in [0.2, 0.25) is 0 Å². The van der Waals surface area contributed by atoms with E-state index >= 15 is 8.78 Å². The molecular formula is C53H60F10N10O8. The van der Waals surface area contributed by atoms with Crippen LogP contribution in [0, 0.1) is 41.2 Å². The summed E-state index contributed by atoms with van der Waals surface area (Å²) in [6.07, 6.45) is -11.2. The molecule has 3 aliphatic heterocycles. The Hall–Kier alpha value is -7.22. The number of methoxy groups -OCH3 is 1. The Morgan fingerprint density at radius 3 is 1.90 bits per heavy atom. The van der Waals surface area contributed by atoms with Crippen LogP contribution in [0.5, 0.6) is 0 Å². The predicted octanol–water partition coefficient (Wildman–Crippen LogP) is 6.84. The van der Waals surface area contributed by atoms with Crippen LogP contribution < -0.4 is 26.3 Å². The van der Waals surface area contributed by atoms with Crippen molar-refractivity contribution >= 4 is 29.8 Å². The fourth-order valence-electron chi connectivity index (χ4n) is 9.94. The second-order valence-corrected chi connectivity index (χ2v) is 21.3. The number of hydrogen-bond donors (Lipinski definition) is 6. The van der Waals surface area contributed by atoms with E-state index in [0.29, 0.717) is 74.1 Å². The first-order valence-electron chi connectivity index (χ1n) is 25.4. The monoisotopic (exact) mass is 1150 g/mol. The molecule has 7 rings (SSSR count). The molecule has 0 saturated carbocycles. The Bertz CT molecular complexity index is 2960. The number of carbonyl (C=O) groups excluding carboxylic acids is 3. The van der Waals surface area contributed by atoms with E-state index in [9.17, 15) is 64.5 Å². The molecule has 440 valence electrons. The molecule has 0 spiro atoms. The lowest BCUT2D eigenvalue weighted by atomic mass is 9.82. The summed E-state index contributed by atoms with van der Waals surface area (Å²) in [5, 5.41) is 31.0. The number of nitrogens with one attached hydrogen (secondary N) is 4. The van der Waals surface area contributed by atoms with Gasteiger partial charge in [-0.1, -0.05) is 24.0 Å². The molecule has 0 aliphatic carbocycles. The molecular weight excluding hydrogens is 1090 g/mol. The predicted molar refractivity (Wildman–Crippen MR) is 270 cm³/mol. The van der Waals surface area contributed by atoms with E-state index < -0.39 is 115 Å². The van der Waals surface area contributed by atoms with Gasteiger partial charge in [-0.05, 0) is 101 Å². The van der Waals surface area contributed by atoms with E-state index in [4.69, 9.17) is 9.72 Å². The van der Waals surface area contributed by atoms with Crippen LogP contribution in [-0.2, 0) is 32.0 Å². The lowest BCUT2D eigenvalue weighted by Gasteiger charge is -2.48. The molecule has 81 heavy (non-hydrogen) atoms. The average Bonchev–Trinajstić information content (AvgIpc) is 4.16. The van der Waals surface area contributed by atoms with Gasteiger partial charge in [0.25, 0.3) is 5.91 Å². The molecule has 2 bridgehead atoms. The van der Waals surface area contributed by atoms with Gasteiger partial charge in [-0.3, -0.25) is 19.9 Å². The number of pyridine rings is 1. The number of amides is 4. The number of aliphatic hydroxyl groups excluding tert-OH is 1. The molecule has 28 heteroatoms. The van der Waals surface area contributed by atoms with Crippen LogP contribution in [0.15, 0.2) is 61.1 Å². The number of alkyl carbamates (subject to hydrolysis) is 1. The fourth-order valence-corrected chi connectivity index (χ4v) is 9.94. The third-order valence-electron chi connectivity index (χ3n) is 14.9. The summed E-state index contributed by atoms with van der Waals surface area (Å²) in [5.41, 5.74) is -3.53. The molecule has 3 fully saturated rings. The number of aliphatic hydroxyl groups is 1. The number of ether oxygens (including phenoxy) is 2. The highest BCUT2D eigenvalue weighted by atomic mass is 19.4. The zero-order chi connectivity index (χ0) is 59.5. The zero-order valence-corrected chi connectivity index (χ0v) is 44.6. The van der Waals surface area contributed by atoms with E-state index in [2.05, 4.69) is 36.8 Å². The maximum absolute atomic E-state index is 16.0. The van der Waals surface area contributed by atoms with Gasteiger partial charge in [0.2, 0.25) is 5.91 Å². The number of carbonyl (C=O) groups is 4. The van der Waals surface area contributed by atoms with Gasteiger partial charge in [0.1, 0.15) is 29.5 Å². The first-order chi connectivity index (χ1) is 37.9. The molecule has 0 radical (unpaired) electrons. The Labute approximate surface area is 458 Å². The number of carboxylic acid groups (broad SMARTS) is 1.